The average molecular weight is 370 g/mol. The highest BCUT2D eigenvalue weighted by molar-refractivity contribution is 5.97. The molecule has 0 aliphatic heterocycles. The Bertz CT molecular complexity index is 970. The fraction of sp³-hybridized carbons (Fsp3) is 0.269. The average Bonchev–Trinajstić information content (AvgIpc) is 3.42. The Labute approximate surface area is 167 Å². The number of benzene rings is 3. The first-order chi connectivity index (χ1) is 13.4. The van der Waals surface area contributed by atoms with E-state index in [4.69, 9.17) is 0 Å². The van der Waals surface area contributed by atoms with E-state index in [1.165, 1.54) is 27.8 Å². The van der Waals surface area contributed by atoms with E-state index < -0.39 is 0 Å². The summed E-state index contributed by atoms with van der Waals surface area (Å²) in [5.74, 6) is 0.0479. The molecule has 1 saturated carbocycles. The lowest BCUT2D eigenvalue weighted by atomic mass is 9.85. The van der Waals surface area contributed by atoms with Gasteiger partial charge in [0, 0.05) is 11.1 Å². The van der Waals surface area contributed by atoms with E-state index >= 15 is 0 Å². The van der Waals surface area contributed by atoms with Crippen LogP contribution in [0.2, 0.25) is 0 Å². The zero-order valence-electron chi connectivity index (χ0n) is 17.0. The quantitative estimate of drug-likeness (QED) is 0.613. The van der Waals surface area contributed by atoms with Gasteiger partial charge in [-0.05, 0) is 56.9 Å². The number of carbonyl (C=O) groups excluding carboxylic acids is 1. The molecule has 1 aliphatic carbocycles. The van der Waals surface area contributed by atoms with Crippen LogP contribution in [0.15, 0.2) is 66.7 Å². The van der Waals surface area contributed by atoms with Crippen molar-refractivity contribution in [1.82, 2.24) is 0 Å². The van der Waals surface area contributed by atoms with Gasteiger partial charge in [-0.2, -0.15) is 0 Å². The number of amides is 1. The Kier molecular flexibility index (Phi) is 4.58. The van der Waals surface area contributed by atoms with E-state index in [-0.39, 0.29) is 17.2 Å². The van der Waals surface area contributed by atoms with Crippen molar-refractivity contribution in [1.29, 1.82) is 0 Å². The highest BCUT2D eigenvalue weighted by Crippen LogP contribution is 2.59. The first-order valence-electron chi connectivity index (χ1n) is 9.92. The van der Waals surface area contributed by atoms with E-state index in [1.54, 1.807) is 0 Å². The Balaban J connectivity index is 1.67. The van der Waals surface area contributed by atoms with Gasteiger partial charge in [-0.3, -0.25) is 4.79 Å². The molecule has 4 rings (SSSR count). The van der Waals surface area contributed by atoms with Crippen molar-refractivity contribution in [3.05, 3.63) is 100 Å². The minimum Gasteiger partial charge on any atom is -0.326 e. The van der Waals surface area contributed by atoms with E-state index in [2.05, 4.69) is 80.7 Å². The third-order valence-electron chi connectivity index (χ3n) is 6.05. The number of anilines is 1. The van der Waals surface area contributed by atoms with Gasteiger partial charge in [0.05, 0.1) is 5.92 Å². The molecule has 142 valence electrons. The summed E-state index contributed by atoms with van der Waals surface area (Å²) in [6, 6.07) is 23.4. The van der Waals surface area contributed by atoms with Gasteiger partial charge in [0.25, 0.3) is 0 Å². The highest BCUT2D eigenvalue weighted by Gasteiger charge is 2.60. The molecule has 1 unspecified atom stereocenters. The number of carbonyl (C=O) groups is 1. The van der Waals surface area contributed by atoms with E-state index in [9.17, 15) is 4.79 Å². The summed E-state index contributed by atoms with van der Waals surface area (Å²) in [5.41, 5.74) is 7.90. The summed E-state index contributed by atoms with van der Waals surface area (Å²) in [4.78, 5) is 13.2. The van der Waals surface area contributed by atoms with Gasteiger partial charge in [-0.15, -0.1) is 0 Å². The molecule has 1 aliphatic rings. The molecule has 1 amide bonds. The van der Waals surface area contributed by atoms with Gasteiger partial charge in [0.15, 0.2) is 0 Å². The molecule has 0 saturated heterocycles. The smallest absolute Gasteiger partial charge is 0.228 e. The monoisotopic (exact) mass is 369 g/mol. The predicted molar refractivity (Wildman–Crippen MR) is 116 cm³/mol. The fourth-order valence-corrected chi connectivity index (χ4v) is 4.26. The van der Waals surface area contributed by atoms with Crippen LogP contribution in [0.3, 0.4) is 0 Å². The summed E-state index contributed by atoms with van der Waals surface area (Å²) < 4.78 is 0. The Morgan fingerprint density at radius 1 is 0.786 bits per heavy atom. The second kappa shape index (κ2) is 6.94. The Hall–Kier alpha value is -2.87. The van der Waals surface area contributed by atoms with Crippen LogP contribution in [0.25, 0.3) is 0 Å². The van der Waals surface area contributed by atoms with Crippen molar-refractivity contribution in [3.63, 3.8) is 0 Å². The first-order valence-corrected chi connectivity index (χ1v) is 9.92. The third kappa shape index (κ3) is 3.24. The van der Waals surface area contributed by atoms with Crippen LogP contribution in [-0.4, -0.2) is 5.91 Å². The second-order valence-electron chi connectivity index (χ2n) is 8.27. The van der Waals surface area contributed by atoms with Gasteiger partial charge >= 0.3 is 0 Å². The zero-order valence-corrected chi connectivity index (χ0v) is 17.0. The van der Waals surface area contributed by atoms with Crippen molar-refractivity contribution in [2.24, 2.45) is 5.92 Å². The fourth-order valence-electron chi connectivity index (χ4n) is 4.26. The molecule has 0 radical (unpaired) electrons. The predicted octanol–water partition coefficient (Wildman–Crippen LogP) is 5.86. The number of nitrogens with one attached hydrogen (secondary N) is 1. The SMILES string of the molecule is Cc1ccc(C2(c3ccc(C)cc3)CC2C(=O)Nc2ccc(C)cc2C)cc1. The first kappa shape index (κ1) is 18.5. The minimum atomic E-state index is -0.232. The molecule has 0 heterocycles. The molecule has 2 nitrogen and oxygen atoms in total. The van der Waals surface area contributed by atoms with Crippen LogP contribution in [0.1, 0.15) is 39.8 Å². The molecule has 1 fully saturated rings. The normalized spacial score (nSPS) is 17.2. The number of hydrogen-bond acceptors (Lipinski definition) is 1. The van der Waals surface area contributed by atoms with Crippen LogP contribution in [-0.2, 0) is 10.2 Å². The summed E-state index contributed by atoms with van der Waals surface area (Å²) in [6.07, 6.45) is 0.843. The van der Waals surface area contributed by atoms with Crippen LogP contribution in [0, 0.1) is 33.6 Å². The van der Waals surface area contributed by atoms with Gasteiger partial charge in [-0.1, -0.05) is 77.4 Å². The zero-order chi connectivity index (χ0) is 19.9. The molecule has 28 heavy (non-hydrogen) atoms. The standard InChI is InChI=1S/C26H27NO/c1-17-5-10-21(11-6-17)26(22-12-7-18(2)8-13-22)16-23(26)25(28)27-24-14-9-19(3)15-20(24)4/h5-15,23H,16H2,1-4H3,(H,27,28). The maximum atomic E-state index is 13.2. The topological polar surface area (TPSA) is 29.1 Å². The lowest BCUT2D eigenvalue weighted by molar-refractivity contribution is -0.117. The largest absolute Gasteiger partial charge is 0.326 e. The van der Waals surface area contributed by atoms with Crippen molar-refractivity contribution < 1.29 is 4.79 Å². The molecule has 0 aromatic heterocycles. The highest BCUT2D eigenvalue weighted by atomic mass is 16.2. The molecular formula is C26H27NO. The molecule has 0 spiro atoms. The Morgan fingerprint density at radius 2 is 1.29 bits per heavy atom. The maximum absolute atomic E-state index is 13.2. The van der Waals surface area contributed by atoms with Gasteiger partial charge in [0.2, 0.25) is 5.91 Å². The van der Waals surface area contributed by atoms with Crippen LogP contribution >= 0.6 is 0 Å². The maximum Gasteiger partial charge on any atom is 0.228 e. The summed E-state index contributed by atoms with van der Waals surface area (Å²) in [5, 5.41) is 3.18. The molecule has 1 N–H and O–H groups in total. The van der Waals surface area contributed by atoms with Crippen LogP contribution in [0.4, 0.5) is 5.69 Å². The summed E-state index contributed by atoms with van der Waals surface area (Å²) in [6.45, 7) is 8.31. The number of rotatable bonds is 4. The van der Waals surface area contributed by atoms with Gasteiger partial charge < -0.3 is 5.32 Å². The molecular weight excluding hydrogens is 342 g/mol. The van der Waals surface area contributed by atoms with Crippen LogP contribution in [0.5, 0.6) is 0 Å². The van der Waals surface area contributed by atoms with Gasteiger partial charge in [0.1, 0.15) is 0 Å². The third-order valence-corrected chi connectivity index (χ3v) is 6.05. The molecule has 3 aromatic rings. The van der Waals surface area contributed by atoms with Gasteiger partial charge in [-0.25, -0.2) is 0 Å². The number of hydrogen-bond donors (Lipinski definition) is 1. The van der Waals surface area contributed by atoms with Crippen LogP contribution < -0.4 is 5.32 Å². The second-order valence-corrected chi connectivity index (χ2v) is 8.27. The summed E-state index contributed by atoms with van der Waals surface area (Å²) >= 11 is 0. The van der Waals surface area contributed by atoms with Crippen molar-refractivity contribution in [2.75, 3.05) is 5.32 Å². The Morgan fingerprint density at radius 3 is 1.79 bits per heavy atom. The molecule has 1 atom stereocenters. The van der Waals surface area contributed by atoms with Crippen molar-refractivity contribution in [3.8, 4) is 0 Å². The van der Waals surface area contributed by atoms with Crippen molar-refractivity contribution in [2.45, 2.75) is 39.5 Å². The molecule has 2 heteroatoms. The number of aryl methyl sites for hydroxylation is 4. The van der Waals surface area contributed by atoms with E-state index in [0.29, 0.717) is 0 Å². The molecule has 3 aromatic carbocycles. The van der Waals surface area contributed by atoms with E-state index in [0.717, 1.165) is 17.7 Å². The van der Waals surface area contributed by atoms with E-state index in [1.807, 2.05) is 19.1 Å². The lowest BCUT2D eigenvalue weighted by Gasteiger charge is -2.20. The molecule has 0 bridgehead atoms. The summed E-state index contributed by atoms with van der Waals surface area (Å²) in [7, 11) is 0. The lowest BCUT2D eigenvalue weighted by Crippen LogP contribution is -2.22. The minimum absolute atomic E-state index is 0.0568. The van der Waals surface area contributed by atoms with Crippen molar-refractivity contribution >= 4 is 11.6 Å².